The molecule has 1 aliphatic heterocycles. The second-order valence-corrected chi connectivity index (χ2v) is 9.20. The first kappa shape index (κ1) is 21.0. The lowest BCUT2D eigenvalue weighted by Crippen LogP contribution is -2.30. The van der Waals surface area contributed by atoms with Gasteiger partial charge in [-0.1, -0.05) is 18.2 Å². The molecule has 0 saturated carbocycles. The number of ether oxygens (including phenoxy) is 1. The van der Waals surface area contributed by atoms with Gasteiger partial charge in [0.05, 0.1) is 21.5 Å². The van der Waals surface area contributed by atoms with Crippen LogP contribution in [0.25, 0.3) is 21.5 Å². The lowest BCUT2D eigenvalue weighted by molar-refractivity contribution is 0.0951. The summed E-state index contributed by atoms with van der Waals surface area (Å²) in [5, 5.41) is 3.01. The molecule has 1 atom stereocenters. The largest absolute Gasteiger partial charge is 0.493 e. The van der Waals surface area contributed by atoms with Crippen LogP contribution in [0.4, 0.5) is 8.78 Å². The van der Waals surface area contributed by atoms with E-state index >= 15 is 0 Å². The highest BCUT2D eigenvalue weighted by Gasteiger charge is 2.24. The van der Waals surface area contributed by atoms with Crippen molar-refractivity contribution < 1.29 is 18.3 Å². The van der Waals surface area contributed by atoms with Gasteiger partial charge in [-0.05, 0) is 46.1 Å². The number of hydrogen-bond acceptors (Lipinski definition) is 5. The molecule has 9 heteroatoms. The minimum absolute atomic E-state index is 0.155. The minimum atomic E-state index is -0.697. The zero-order chi connectivity index (χ0) is 22.2. The summed E-state index contributed by atoms with van der Waals surface area (Å²) in [5.74, 6) is -0.639. The summed E-state index contributed by atoms with van der Waals surface area (Å²) >= 11 is 4.65. The molecule has 0 aliphatic carbocycles. The first-order valence-electron chi connectivity index (χ1n) is 9.90. The maximum Gasteiger partial charge on any atom is 0.262 e. The summed E-state index contributed by atoms with van der Waals surface area (Å²) in [6.45, 7) is 1.07. The monoisotopic (exact) mass is 515 g/mol. The molecule has 2 aromatic heterocycles. The Balaban J connectivity index is 1.44. The number of amides is 1. The summed E-state index contributed by atoms with van der Waals surface area (Å²) in [6.07, 6.45) is 2.13. The van der Waals surface area contributed by atoms with E-state index in [-0.39, 0.29) is 17.4 Å². The molecule has 1 amide bonds. The molecular weight excluding hydrogens is 500 g/mol. The Kier molecular flexibility index (Phi) is 5.60. The van der Waals surface area contributed by atoms with Crippen molar-refractivity contribution in [2.24, 2.45) is 0 Å². The molecule has 0 saturated heterocycles. The van der Waals surface area contributed by atoms with E-state index in [1.54, 1.807) is 0 Å². The second kappa shape index (κ2) is 8.55. The van der Waals surface area contributed by atoms with Crippen molar-refractivity contribution in [3.8, 4) is 17.0 Å². The Bertz CT molecular complexity index is 1320. The fraction of sp³-hybridized carbons (Fsp3) is 0.174. The van der Waals surface area contributed by atoms with Crippen LogP contribution in [0, 0.1) is 11.6 Å². The van der Waals surface area contributed by atoms with Gasteiger partial charge in [0.1, 0.15) is 34.1 Å². The van der Waals surface area contributed by atoms with Crippen molar-refractivity contribution in [2.45, 2.75) is 12.3 Å². The Morgan fingerprint density at radius 1 is 1.19 bits per heavy atom. The maximum atomic E-state index is 13.7. The number of nitrogens with one attached hydrogen (secondary N) is 1. The van der Waals surface area contributed by atoms with Crippen molar-refractivity contribution in [2.75, 3.05) is 13.2 Å². The van der Waals surface area contributed by atoms with Gasteiger partial charge in [-0.2, -0.15) is 0 Å². The molecule has 0 bridgehead atoms. The SMILES string of the molecule is O=C(NC[C@H]1CCOc2ccccc21)c1sc2c(-c3cc(F)cc(F)c3)ncnc2c1Br. The third-order valence-electron chi connectivity index (χ3n) is 5.35. The molecule has 0 spiro atoms. The lowest BCUT2D eigenvalue weighted by Gasteiger charge is -2.25. The maximum absolute atomic E-state index is 13.7. The number of para-hydroxylation sites is 1. The van der Waals surface area contributed by atoms with Crippen LogP contribution in [0.2, 0.25) is 0 Å². The van der Waals surface area contributed by atoms with E-state index in [0.717, 1.165) is 23.8 Å². The number of rotatable bonds is 4. The molecule has 5 rings (SSSR count). The molecule has 0 unspecified atom stereocenters. The van der Waals surface area contributed by atoms with Crippen LogP contribution < -0.4 is 10.1 Å². The van der Waals surface area contributed by atoms with Crippen molar-refractivity contribution in [1.82, 2.24) is 15.3 Å². The number of carbonyl (C=O) groups excluding carboxylic acids is 1. The Morgan fingerprint density at radius 2 is 1.97 bits per heavy atom. The molecule has 5 nitrogen and oxygen atoms in total. The van der Waals surface area contributed by atoms with E-state index in [4.69, 9.17) is 4.74 Å². The van der Waals surface area contributed by atoms with Crippen LogP contribution in [-0.4, -0.2) is 29.0 Å². The Labute approximate surface area is 194 Å². The van der Waals surface area contributed by atoms with Crippen LogP contribution in [0.15, 0.2) is 53.3 Å². The lowest BCUT2D eigenvalue weighted by atomic mass is 9.93. The molecular formula is C23H16BrF2N3O2S. The molecule has 0 fully saturated rings. The van der Waals surface area contributed by atoms with Crippen LogP contribution in [0.1, 0.15) is 27.6 Å². The smallest absolute Gasteiger partial charge is 0.262 e. The zero-order valence-electron chi connectivity index (χ0n) is 16.6. The third kappa shape index (κ3) is 3.86. The van der Waals surface area contributed by atoms with Gasteiger partial charge in [0.15, 0.2) is 0 Å². The number of nitrogens with zero attached hydrogens (tertiary/aromatic N) is 2. The second-order valence-electron chi connectivity index (χ2n) is 7.39. The first-order chi connectivity index (χ1) is 15.5. The van der Waals surface area contributed by atoms with Crippen molar-refractivity contribution in [3.05, 3.63) is 75.3 Å². The van der Waals surface area contributed by atoms with Gasteiger partial charge in [-0.3, -0.25) is 4.79 Å². The minimum Gasteiger partial charge on any atom is -0.493 e. The molecule has 3 heterocycles. The number of hydrogen-bond donors (Lipinski definition) is 1. The van der Waals surface area contributed by atoms with E-state index in [9.17, 15) is 13.6 Å². The summed E-state index contributed by atoms with van der Waals surface area (Å²) in [4.78, 5) is 21.9. The normalized spacial score (nSPS) is 15.3. The number of aromatic nitrogens is 2. The van der Waals surface area contributed by atoms with Crippen molar-refractivity contribution in [1.29, 1.82) is 0 Å². The quantitative estimate of drug-likeness (QED) is 0.378. The molecule has 2 aromatic carbocycles. The van der Waals surface area contributed by atoms with Crippen molar-refractivity contribution in [3.63, 3.8) is 0 Å². The predicted octanol–water partition coefficient (Wildman–Crippen LogP) is 5.70. The highest BCUT2D eigenvalue weighted by molar-refractivity contribution is 9.10. The van der Waals surface area contributed by atoms with E-state index in [0.29, 0.717) is 38.4 Å². The predicted molar refractivity (Wildman–Crippen MR) is 122 cm³/mol. The molecule has 1 aliphatic rings. The van der Waals surface area contributed by atoms with Crippen LogP contribution in [0.5, 0.6) is 5.75 Å². The van der Waals surface area contributed by atoms with Crippen LogP contribution in [-0.2, 0) is 0 Å². The molecule has 162 valence electrons. The zero-order valence-corrected chi connectivity index (χ0v) is 19.0. The van der Waals surface area contributed by atoms with E-state index in [1.165, 1.54) is 29.8 Å². The fourth-order valence-corrected chi connectivity index (χ4v) is 5.78. The number of fused-ring (bicyclic) bond motifs is 2. The molecule has 4 aromatic rings. The highest BCUT2D eigenvalue weighted by Crippen LogP contribution is 2.39. The molecule has 1 N–H and O–H groups in total. The van der Waals surface area contributed by atoms with E-state index in [2.05, 4.69) is 31.2 Å². The van der Waals surface area contributed by atoms with Gasteiger partial charge in [-0.25, -0.2) is 18.7 Å². The summed E-state index contributed by atoms with van der Waals surface area (Å²) < 4.78 is 34.3. The first-order valence-corrected chi connectivity index (χ1v) is 11.5. The number of carbonyl (C=O) groups is 1. The number of thiophene rings is 1. The van der Waals surface area contributed by atoms with Gasteiger partial charge in [0.2, 0.25) is 0 Å². The summed E-state index contributed by atoms with van der Waals surface area (Å²) in [5.41, 5.74) is 2.26. The molecule has 0 radical (unpaired) electrons. The van der Waals surface area contributed by atoms with E-state index in [1.807, 2.05) is 24.3 Å². The van der Waals surface area contributed by atoms with Gasteiger partial charge in [0, 0.05) is 24.1 Å². The topological polar surface area (TPSA) is 64.1 Å². The van der Waals surface area contributed by atoms with Crippen LogP contribution >= 0.6 is 27.3 Å². The average Bonchev–Trinajstić information content (AvgIpc) is 3.13. The fourth-order valence-electron chi connectivity index (χ4n) is 3.85. The Morgan fingerprint density at radius 3 is 2.78 bits per heavy atom. The van der Waals surface area contributed by atoms with Crippen molar-refractivity contribution >= 4 is 43.4 Å². The number of halogens is 3. The van der Waals surface area contributed by atoms with Gasteiger partial charge >= 0.3 is 0 Å². The van der Waals surface area contributed by atoms with E-state index < -0.39 is 11.6 Å². The van der Waals surface area contributed by atoms with Gasteiger partial charge < -0.3 is 10.1 Å². The average molecular weight is 516 g/mol. The molecule has 32 heavy (non-hydrogen) atoms. The number of benzene rings is 2. The third-order valence-corrected chi connectivity index (χ3v) is 7.57. The standard InChI is InChI=1S/C23H16BrF2N3O2S/c24-18-20-22(19(28-11-29-20)13-7-14(25)9-15(26)8-13)32-21(18)23(30)27-10-12-5-6-31-17-4-2-1-3-16(12)17/h1-4,7-9,11-12H,5-6,10H2,(H,27,30)/t12-/m1/s1. The Hall–Kier alpha value is -2.91. The van der Waals surface area contributed by atoms with Gasteiger partial charge in [0.25, 0.3) is 5.91 Å². The summed E-state index contributed by atoms with van der Waals surface area (Å²) in [7, 11) is 0. The summed E-state index contributed by atoms with van der Waals surface area (Å²) in [6, 6.07) is 11.1. The highest BCUT2D eigenvalue weighted by atomic mass is 79.9. The van der Waals surface area contributed by atoms with Crippen LogP contribution in [0.3, 0.4) is 0 Å². The van der Waals surface area contributed by atoms with Gasteiger partial charge in [-0.15, -0.1) is 11.3 Å².